The molecular weight excluding hydrogens is 369 g/mol. The first-order chi connectivity index (χ1) is 13.9. The Labute approximate surface area is 171 Å². The van der Waals surface area contributed by atoms with Crippen LogP contribution in [0.1, 0.15) is 54.1 Å². The van der Waals surface area contributed by atoms with Crippen LogP contribution in [0.2, 0.25) is 0 Å². The number of carbonyl (C=O) groups excluding carboxylic acids is 2. The minimum atomic E-state index is -0.317. The molecule has 6 heteroatoms. The molecule has 5 nitrogen and oxygen atoms in total. The summed E-state index contributed by atoms with van der Waals surface area (Å²) < 4.78 is 13.3. The van der Waals surface area contributed by atoms with Crippen LogP contribution in [0.15, 0.2) is 48.5 Å². The summed E-state index contributed by atoms with van der Waals surface area (Å²) in [7, 11) is 0. The molecule has 2 N–H and O–H groups in total. The Bertz CT molecular complexity index is 869. The molecule has 0 bridgehead atoms. The smallest absolute Gasteiger partial charge is 0.317 e. The molecular formula is C23H28FN3O2. The molecule has 0 saturated carbocycles. The van der Waals surface area contributed by atoms with E-state index in [4.69, 9.17) is 0 Å². The minimum Gasteiger partial charge on any atom is -0.348 e. The lowest BCUT2D eigenvalue weighted by Gasteiger charge is -2.33. The summed E-state index contributed by atoms with van der Waals surface area (Å²) in [6, 6.07) is 13.8. The Morgan fingerprint density at radius 3 is 2.72 bits per heavy atom. The van der Waals surface area contributed by atoms with E-state index in [9.17, 15) is 14.0 Å². The molecule has 1 saturated heterocycles. The molecule has 1 atom stereocenters. The predicted molar refractivity (Wildman–Crippen MR) is 111 cm³/mol. The first-order valence-corrected chi connectivity index (χ1v) is 10.1. The quantitative estimate of drug-likeness (QED) is 0.800. The standard InChI is InChI=1S/C23H28FN3O2/c1-16(2)26-23(29)27-11-5-9-20(15-27)18-7-4-8-19(13-18)22(28)25-14-17-6-3-10-21(24)12-17/h3-4,6-8,10,12-13,16,20H,5,9,11,14-15H2,1-2H3,(H,25,28)(H,26,29). The maximum absolute atomic E-state index is 13.3. The van der Waals surface area contributed by atoms with Crippen molar-refractivity contribution >= 4 is 11.9 Å². The predicted octanol–water partition coefficient (Wildman–Crippen LogP) is 4.05. The van der Waals surface area contributed by atoms with Crippen LogP contribution < -0.4 is 10.6 Å². The van der Waals surface area contributed by atoms with Gasteiger partial charge in [0.25, 0.3) is 5.91 Å². The van der Waals surface area contributed by atoms with Crippen LogP contribution in [0.5, 0.6) is 0 Å². The molecule has 1 heterocycles. The zero-order chi connectivity index (χ0) is 20.8. The lowest BCUT2D eigenvalue weighted by Crippen LogP contribution is -2.47. The van der Waals surface area contributed by atoms with Gasteiger partial charge in [-0.2, -0.15) is 0 Å². The third-order valence-electron chi connectivity index (χ3n) is 5.08. The molecule has 154 valence electrons. The molecule has 29 heavy (non-hydrogen) atoms. The van der Waals surface area contributed by atoms with E-state index in [1.165, 1.54) is 12.1 Å². The third kappa shape index (κ3) is 5.79. The maximum atomic E-state index is 13.3. The normalized spacial score (nSPS) is 16.6. The fourth-order valence-electron chi connectivity index (χ4n) is 3.64. The number of hydrogen-bond donors (Lipinski definition) is 2. The number of rotatable bonds is 5. The summed E-state index contributed by atoms with van der Waals surface area (Å²) in [5.74, 6) is -0.305. The van der Waals surface area contributed by atoms with Crippen molar-refractivity contribution in [3.05, 3.63) is 71.0 Å². The van der Waals surface area contributed by atoms with Gasteiger partial charge in [0, 0.05) is 37.2 Å². The topological polar surface area (TPSA) is 61.4 Å². The number of benzene rings is 2. The lowest BCUT2D eigenvalue weighted by molar-refractivity contribution is 0.0950. The second-order valence-corrected chi connectivity index (χ2v) is 7.83. The molecule has 1 aliphatic rings. The molecule has 2 aromatic rings. The van der Waals surface area contributed by atoms with Gasteiger partial charge in [0.05, 0.1) is 0 Å². The number of carbonyl (C=O) groups is 2. The van der Waals surface area contributed by atoms with Gasteiger partial charge in [-0.05, 0) is 62.1 Å². The van der Waals surface area contributed by atoms with Crippen LogP contribution in [0.3, 0.4) is 0 Å². The number of halogens is 1. The number of hydrogen-bond acceptors (Lipinski definition) is 2. The van der Waals surface area contributed by atoms with Crippen molar-refractivity contribution < 1.29 is 14.0 Å². The molecule has 3 rings (SSSR count). The fourth-order valence-corrected chi connectivity index (χ4v) is 3.64. The van der Waals surface area contributed by atoms with Crippen molar-refractivity contribution in [2.24, 2.45) is 0 Å². The van der Waals surface area contributed by atoms with Crippen molar-refractivity contribution in [2.45, 2.75) is 45.2 Å². The van der Waals surface area contributed by atoms with E-state index in [1.54, 1.807) is 18.2 Å². The number of nitrogens with one attached hydrogen (secondary N) is 2. The highest BCUT2D eigenvalue weighted by Crippen LogP contribution is 2.27. The van der Waals surface area contributed by atoms with Gasteiger partial charge in [-0.3, -0.25) is 4.79 Å². The van der Waals surface area contributed by atoms with E-state index >= 15 is 0 Å². The average molecular weight is 397 g/mol. The van der Waals surface area contributed by atoms with Gasteiger partial charge in [-0.15, -0.1) is 0 Å². The largest absolute Gasteiger partial charge is 0.348 e. The molecule has 1 fully saturated rings. The molecule has 0 spiro atoms. The Hall–Kier alpha value is -2.89. The van der Waals surface area contributed by atoms with Crippen molar-refractivity contribution in [2.75, 3.05) is 13.1 Å². The van der Waals surface area contributed by atoms with E-state index in [0.717, 1.165) is 24.9 Å². The van der Waals surface area contributed by atoms with Crippen LogP contribution in [-0.4, -0.2) is 36.0 Å². The van der Waals surface area contributed by atoms with E-state index < -0.39 is 0 Å². The van der Waals surface area contributed by atoms with Crippen molar-refractivity contribution in [1.29, 1.82) is 0 Å². The van der Waals surface area contributed by atoms with E-state index in [-0.39, 0.29) is 36.3 Å². The number of piperidine rings is 1. The van der Waals surface area contributed by atoms with Crippen molar-refractivity contribution in [1.82, 2.24) is 15.5 Å². The molecule has 1 unspecified atom stereocenters. The maximum Gasteiger partial charge on any atom is 0.317 e. The Morgan fingerprint density at radius 1 is 1.17 bits per heavy atom. The molecule has 3 amide bonds. The summed E-state index contributed by atoms with van der Waals surface area (Å²) in [6.07, 6.45) is 1.92. The average Bonchev–Trinajstić information content (AvgIpc) is 2.72. The van der Waals surface area contributed by atoms with Crippen molar-refractivity contribution in [3.63, 3.8) is 0 Å². The first kappa shape index (κ1) is 20.8. The summed E-state index contributed by atoms with van der Waals surface area (Å²) in [4.78, 5) is 26.7. The monoisotopic (exact) mass is 397 g/mol. The zero-order valence-electron chi connectivity index (χ0n) is 17.0. The van der Waals surface area contributed by atoms with Crippen LogP contribution in [0.4, 0.5) is 9.18 Å². The first-order valence-electron chi connectivity index (χ1n) is 10.1. The summed E-state index contributed by atoms with van der Waals surface area (Å²) >= 11 is 0. The Kier molecular flexibility index (Phi) is 6.86. The number of urea groups is 1. The van der Waals surface area contributed by atoms with Gasteiger partial charge in [-0.25, -0.2) is 9.18 Å². The van der Waals surface area contributed by atoms with Gasteiger partial charge in [0.2, 0.25) is 0 Å². The third-order valence-corrected chi connectivity index (χ3v) is 5.08. The minimum absolute atomic E-state index is 0.0336. The van der Waals surface area contributed by atoms with Crippen LogP contribution in [0, 0.1) is 5.82 Å². The van der Waals surface area contributed by atoms with E-state index in [2.05, 4.69) is 10.6 Å². The number of amides is 3. The van der Waals surface area contributed by atoms with E-state index in [0.29, 0.717) is 17.7 Å². The van der Waals surface area contributed by atoms with Gasteiger partial charge in [-0.1, -0.05) is 24.3 Å². The second kappa shape index (κ2) is 9.54. The molecule has 0 aliphatic carbocycles. The fraction of sp³-hybridized carbons (Fsp3) is 0.391. The molecule has 0 radical (unpaired) electrons. The number of nitrogens with zero attached hydrogens (tertiary/aromatic N) is 1. The Morgan fingerprint density at radius 2 is 1.97 bits per heavy atom. The highest BCUT2D eigenvalue weighted by Gasteiger charge is 2.25. The summed E-state index contributed by atoms with van der Waals surface area (Å²) in [5, 5.41) is 5.79. The highest BCUT2D eigenvalue weighted by atomic mass is 19.1. The van der Waals surface area contributed by atoms with Crippen LogP contribution in [0.25, 0.3) is 0 Å². The second-order valence-electron chi connectivity index (χ2n) is 7.83. The Balaban J connectivity index is 1.63. The van der Waals surface area contributed by atoms with Crippen LogP contribution in [-0.2, 0) is 6.54 Å². The summed E-state index contributed by atoms with van der Waals surface area (Å²) in [6.45, 7) is 5.57. The SMILES string of the molecule is CC(C)NC(=O)N1CCCC(c2cccc(C(=O)NCc3cccc(F)c3)c2)C1. The van der Waals surface area contributed by atoms with Crippen LogP contribution >= 0.6 is 0 Å². The molecule has 1 aliphatic heterocycles. The highest BCUT2D eigenvalue weighted by molar-refractivity contribution is 5.94. The summed E-state index contributed by atoms with van der Waals surface area (Å²) in [5.41, 5.74) is 2.35. The van der Waals surface area contributed by atoms with Gasteiger partial charge in [0.1, 0.15) is 5.82 Å². The van der Waals surface area contributed by atoms with Crippen molar-refractivity contribution in [3.8, 4) is 0 Å². The molecule has 2 aromatic carbocycles. The van der Waals surface area contributed by atoms with Gasteiger partial charge >= 0.3 is 6.03 Å². The van der Waals surface area contributed by atoms with Gasteiger partial charge in [0.15, 0.2) is 0 Å². The van der Waals surface area contributed by atoms with Gasteiger partial charge < -0.3 is 15.5 Å². The molecule has 0 aromatic heterocycles. The number of likely N-dealkylation sites (tertiary alicyclic amines) is 1. The van der Waals surface area contributed by atoms with E-state index in [1.807, 2.05) is 36.9 Å². The zero-order valence-corrected chi connectivity index (χ0v) is 17.0. The lowest BCUT2D eigenvalue weighted by atomic mass is 9.89.